The number of rotatable bonds is 6. The number of hydrogen-bond acceptors (Lipinski definition) is 5. The topological polar surface area (TPSA) is 68.0 Å². The van der Waals surface area contributed by atoms with E-state index in [9.17, 15) is 0 Å². The lowest BCUT2D eigenvalue weighted by molar-refractivity contribution is 0.666. The van der Waals surface area contributed by atoms with Crippen molar-refractivity contribution in [3.05, 3.63) is 247 Å². The van der Waals surface area contributed by atoms with E-state index in [2.05, 4.69) is 210 Å². The third kappa shape index (κ3) is 6.28. The lowest BCUT2D eigenvalue weighted by atomic mass is 9.98. The molecule has 0 fully saturated rings. The molecule has 15 rings (SSSR count). The van der Waals surface area contributed by atoms with Crippen molar-refractivity contribution < 1.29 is 8.83 Å². The summed E-state index contributed by atoms with van der Waals surface area (Å²) in [6.45, 7) is 0. The molecule has 71 heavy (non-hydrogen) atoms. The Morgan fingerprint density at radius 2 is 1.03 bits per heavy atom. The number of aliphatic imine (C=N–C) groups is 2. The van der Waals surface area contributed by atoms with Crippen LogP contribution in [-0.4, -0.2) is 16.2 Å². The summed E-state index contributed by atoms with van der Waals surface area (Å²) in [5.74, 6) is 1.32. The second kappa shape index (κ2) is 15.5. The van der Waals surface area contributed by atoms with Crippen molar-refractivity contribution in [1.29, 1.82) is 0 Å². The summed E-state index contributed by atoms with van der Waals surface area (Å²) in [7, 11) is 0. The van der Waals surface area contributed by atoms with Gasteiger partial charge < -0.3 is 18.7 Å². The van der Waals surface area contributed by atoms with Crippen LogP contribution in [-0.2, 0) is 0 Å². The molecule has 11 aromatic carbocycles. The van der Waals surface area contributed by atoms with Gasteiger partial charge in [-0.2, -0.15) is 0 Å². The number of nitrogens with one attached hydrogen (secondary N) is 1. The first-order valence-corrected chi connectivity index (χ1v) is 24.1. The second-order valence-electron chi connectivity index (χ2n) is 18.5. The van der Waals surface area contributed by atoms with Gasteiger partial charge in [-0.15, -0.1) is 0 Å². The van der Waals surface area contributed by atoms with E-state index in [4.69, 9.17) is 18.8 Å². The molecular formula is C65H40N4O2. The third-order valence-electron chi connectivity index (χ3n) is 14.4. The van der Waals surface area contributed by atoms with Gasteiger partial charge in [0, 0.05) is 55.1 Å². The molecular weight excluding hydrogens is 869 g/mol. The third-order valence-corrected chi connectivity index (χ3v) is 14.4. The minimum atomic E-state index is -0.434. The van der Waals surface area contributed by atoms with Gasteiger partial charge in [0.25, 0.3) is 0 Å². The molecule has 0 aliphatic carbocycles. The van der Waals surface area contributed by atoms with E-state index in [0.29, 0.717) is 11.7 Å². The van der Waals surface area contributed by atoms with Gasteiger partial charge in [-0.25, -0.2) is 9.98 Å². The average molecular weight is 909 g/mol. The molecule has 0 bridgehead atoms. The summed E-state index contributed by atoms with van der Waals surface area (Å²) < 4.78 is 15.8. The summed E-state index contributed by atoms with van der Waals surface area (Å²) >= 11 is 0. The first-order valence-electron chi connectivity index (χ1n) is 24.1. The molecule has 6 heteroatoms. The van der Waals surface area contributed by atoms with Gasteiger partial charge in [-0.1, -0.05) is 176 Å². The SMILES string of the molecule is c1ccc(-c2ccc(C3N=C(c4cccc5oc6cc(-n7c8cc9ccccc9cc8c8c9ccccc9ccc87)c(-c7ccccc7)cc6c45)N=C(c4ccc5c(c4)oc4ccccc45)N3)cc2)cc1. The van der Waals surface area contributed by atoms with E-state index in [1.807, 2.05) is 30.3 Å². The lowest BCUT2D eigenvalue weighted by Crippen LogP contribution is -2.33. The molecule has 1 unspecified atom stereocenters. The Labute approximate surface area is 407 Å². The van der Waals surface area contributed by atoms with Crippen molar-refractivity contribution >= 4 is 98.9 Å². The van der Waals surface area contributed by atoms with Gasteiger partial charge in [0.2, 0.25) is 0 Å². The van der Waals surface area contributed by atoms with Crippen LogP contribution in [0.15, 0.2) is 249 Å². The maximum atomic E-state index is 6.99. The van der Waals surface area contributed by atoms with Crippen LogP contribution in [0.4, 0.5) is 0 Å². The molecule has 1 aliphatic heterocycles. The highest BCUT2D eigenvalue weighted by Crippen LogP contribution is 2.44. The van der Waals surface area contributed by atoms with Crippen molar-refractivity contribution in [3.8, 4) is 27.9 Å². The van der Waals surface area contributed by atoms with Crippen LogP contribution >= 0.6 is 0 Å². The van der Waals surface area contributed by atoms with Crippen molar-refractivity contribution in [2.75, 3.05) is 0 Å². The number of hydrogen-bond donors (Lipinski definition) is 1. The Morgan fingerprint density at radius 1 is 0.380 bits per heavy atom. The fourth-order valence-electron chi connectivity index (χ4n) is 11.1. The largest absolute Gasteiger partial charge is 0.456 e. The van der Waals surface area contributed by atoms with Crippen molar-refractivity contribution in [3.63, 3.8) is 0 Å². The molecule has 0 saturated heterocycles. The zero-order chi connectivity index (χ0) is 46.6. The van der Waals surface area contributed by atoms with Gasteiger partial charge in [0.05, 0.1) is 16.7 Å². The fraction of sp³-hybridized carbons (Fsp3) is 0.0154. The van der Waals surface area contributed by atoms with Gasteiger partial charge >= 0.3 is 0 Å². The predicted octanol–water partition coefficient (Wildman–Crippen LogP) is 16.7. The van der Waals surface area contributed by atoms with E-state index in [0.717, 1.165) is 99.5 Å². The van der Waals surface area contributed by atoms with Crippen LogP contribution in [0.2, 0.25) is 0 Å². The quantitative estimate of drug-likeness (QED) is 0.181. The normalized spacial score (nSPS) is 14.1. The van der Waals surface area contributed by atoms with Gasteiger partial charge in [0.1, 0.15) is 34.3 Å². The molecule has 1 N–H and O–H groups in total. The molecule has 1 atom stereocenters. The van der Waals surface area contributed by atoms with E-state index in [1.165, 1.54) is 32.3 Å². The van der Waals surface area contributed by atoms with Crippen LogP contribution in [0.25, 0.3) is 115 Å². The minimum Gasteiger partial charge on any atom is -0.456 e. The number of aromatic nitrogens is 1. The highest BCUT2D eigenvalue weighted by Gasteiger charge is 2.26. The van der Waals surface area contributed by atoms with Crippen molar-refractivity contribution in [1.82, 2.24) is 9.88 Å². The Morgan fingerprint density at radius 3 is 1.86 bits per heavy atom. The first-order chi connectivity index (χ1) is 35.2. The van der Waals surface area contributed by atoms with Crippen LogP contribution in [0.1, 0.15) is 22.9 Å². The van der Waals surface area contributed by atoms with E-state index >= 15 is 0 Å². The molecule has 1 aliphatic rings. The van der Waals surface area contributed by atoms with Gasteiger partial charge in [0.15, 0.2) is 5.84 Å². The minimum absolute atomic E-state index is 0.434. The summed E-state index contributed by atoms with van der Waals surface area (Å²) in [4.78, 5) is 10.8. The van der Waals surface area contributed by atoms with Gasteiger partial charge in [-0.05, 0) is 92.3 Å². The molecule has 3 aromatic heterocycles. The zero-order valence-corrected chi connectivity index (χ0v) is 38.2. The molecule has 0 radical (unpaired) electrons. The molecule has 6 nitrogen and oxygen atoms in total. The van der Waals surface area contributed by atoms with Crippen LogP contribution in [0.3, 0.4) is 0 Å². The number of fused-ring (bicyclic) bond motifs is 12. The number of para-hydroxylation sites is 1. The smallest absolute Gasteiger partial charge is 0.160 e. The van der Waals surface area contributed by atoms with Crippen molar-refractivity contribution in [2.24, 2.45) is 9.98 Å². The highest BCUT2D eigenvalue weighted by molar-refractivity contribution is 6.25. The number of amidine groups is 2. The molecule has 0 spiro atoms. The summed E-state index contributed by atoms with van der Waals surface area (Å²) in [6.07, 6.45) is -0.434. The van der Waals surface area contributed by atoms with Crippen molar-refractivity contribution in [2.45, 2.75) is 6.17 Å². The zero-order valence-electron chi connectivity index (χ0n) is 38.2. The molecule has 4 heterocycles. The van der Waals surface area contributed by atoms with E-state index in [-0.39, 0.29) is 0 Å². The summed E-state index contributed by atoms with van der Waals surface area (Å²) in [5.41, 5.74) is 13.8. The monoisotopic (exact) mass is 908 g/mol. The number of furan rings is 2. The lowest BCUT2D eigenvalue weighted by Gasteiger charge is -2.24. The molecule has 0 saturated carbocycles. The Hall–Kier alpha value is -9.52. The first kappa shape index (κ1) is 39.5. The Balaban J connectivity index is 0.956. The van der Waals surface area contributed by atoms with Crippen LogP contribution in [0, 0.1) is 0 Å². The predicted molar refractivity (Wildman–Crippen MR) is 293 cm³/mol. The number of benzene rings is 11. The highest BCUT2D eigenvalue weighted by atomic mass is 16.3. The van der Waals surface area contributed by atoms with Crippen LogP contribution < -0.4 is 5.32 Å². The fourth-order valence-corrected chi connectivity index (χ4v) is 11.1. The summed E-state index contributed by atoms with van der Waals surface area (Å²) in [6, 6.07) is 81.7. The summed E-state index contributed by atoms with van der Waals surface area (Å²) in [5, 5.41) is 15.1. The maximum absolute atomic E-state index is 6.99. The number of nitrogens with zero attached hydrogens (tertiary/aromatic N) is 3. The second-order valence-corrected chi connectivity index (χ2v) is 18.5. The molecule has 0 amide bonds. The molecule has 332 valence electrons. The maximum Gasteiger partial charge on any atom is 0.160 e. The Bertz CT molecular complexity index is 4540. The van der Waals surface area contributed by atoms with Crippen LogP contribution in [0.5, 0.6) is 0 Å². The standard InChI is InChI=1S/C65H40N4O2/c1-3-14-39(15-4-1)40-26-28-43(29-27-40)63-66-64(46-30-32-49-48-22-11-12-24-57(48)70-59(49)36-46)68-65(67-63)50-23-13-25-58-62(50)53-37-51(41-16-5-2-6-17-41)56(38-60(53)71-58)69-54-33-31-42-18-9-10-21-47(42)61(54)52-34-44-19-7-8-20-45(44)35-55(52)69/h1-38,63H,(H,66,67,68). The van der Waals surface area contributed by atoms with Gasteiger partial charge in [-0.3, -0.25) is 0 Å². The van der Waals surface area contributed by atoms with E-state index in [1.54, 1.807) is 0 Å². The Kier molecular flexibility index (Phi) is 8.62. The van der Waals surface area contributed by atoms with E-state index < -0.39 is 6.17 Å². The molecule has 14 aromatic rings. The average Bonchev–Trinajstić information content (AvgIpc) is 4.11.